The lowest BCUT2D eigenvalue weighted by atomic mass is 10.1. The minimum Gasteiger partial charge on any atom is -0.383 e. The summed E-state index contributed by atoms with van der Waals surface area (Å²) in [6.45, 7) is 3.38. The minimum atomic E-state index is -0.963. The smallest absolute Gasteiger partial charge is 0.163 e. The van der Waals surface area contributed by atoms with Crippen LogP contribution in [0.2, 0.25) is 0 Å². The fourth-order valence-corrected chi connectivity index (χ4v) is 0.600. The molecular weight excluding hydrogens is 132 g/mol. The van der Waals surface area contributed by atoms with E-state index in [1.807, 2.05) is 0 Å². The molecule has 3 heteroatoms. The van der Waals surface area contributed by atoms with Gasteiger partial charge in [0.25, 0.3) is 0 Å². The summed E-state index contributed by atoms with van der Waals surface area (Å²) in [6.07, 6.45) is -1.00. The van der Waals surface area contributed by atoms with E-state index in [2.05, 4.69) is 0 Å². The quantitative estimate of drug-likeness (QED) is 0.623. The predicted molar refractivity (Wildman–Crippen MR) is 37.8 cm³/mol. The van der Waals surface area contributed by atoms with Crippen molar-refractivity contribution in [2.24, 2.45) is 0 Å². The van der Waals surface area contributed by atoms with Crippen LogP contribution in [0.15, 0.2) is 0 Å². The summed E-state index contributed by atoms with van der Waals surface area (Å²) >= 11 is 0. The number of carbonyl (C=O) groups excluding carboxylic acids is 1. The lowest BCUT2D eigenvalue weighted by molar-refractivity contribution is -0.133. The summed E-state index contributed by atoms with van der Waals surface area (Å²) in [5, 5.41) is 9.11. The van der Waals surface area contributed by atoms with Crippen molar-refractivity contribution in [2.45, 2.75) is 32.5 Å². The largest absolute Gasteiger partial charge is 0.383 e. The molecule has 0 saturated carbocycles. The van der Waals surface area contributed by atoms with Gasteiger partial charge in [-0.15, -0.1) is 0 Å². The Morgan fingerprint density at radius 1 is 1.70 bits per heavy atom. The van der Waals surface area contributed by atoms with Gasteiger partial charge >= 0.3 is 0 Å². The molecule has 0 fully saturated rings. The second kappa shape index (κ2) is 4.41. The molecular formula is C7H14O3. The fraction of sp³-hybridized carbons (Fsp3) is 0.857. The van der Waals surface area contributed by atoms with Gasteiger partial charge in [0.2, 0.25) is 0 Å². The van der Waals surface area contributed by atoms with Crippen molar-refractivity contribution >= 4 is 5.78 Å². The van der Waals surface area contributed by atoms with Gasteiger partial charge in [0.05, 0.1) is 6.10 Å². The minimum absolute atomic E-state index is 0.172. The Kier molecular flexibility index (Phi) is 4.23. The zero-order valence-corrected chi connectivity index (χ0v) is 6.63. The van der Waals surface area contributed by atoms with Crippen LogP contribution in [0.4, 0.5) is 0 Å². The maximum Gasteiger partial charge on any atom is 0.163 e. The molecule has 0 aliphatic carbocycles. The molecule has 60 valence electrons. The molecule has 0 aromatic carbocycles. The first-order valence-electron chi connectivity index (χ1n) is 3.37. The highest BCUT2D eigenvalue weighted by Gasteiger charge is 2.19. The number of rotatable bonds is 4. The molecule has 0 saturated heterocycles. The molecule has 0 aromatic rings. The van der Waals surface area contributed by atoms with Gasteiger partial charge in [-0.25, -0.2) is 0 Å². The number of aliphatic hydroxyl groups excluding tert-OH is 1. The molecule has 2 unspecified atom stereocenters. The third kappa shape index (κ3) is 2.45. The van der Waals surface area contributed by atoms with E-state index in [1.165, 1.54) is 7.11 Å². The van der Waals surface area contributed by atoms with Gasteiger partial charge in [-0.2, -0.15) is 0 Å². The Hall–Kier alpha value is -0.410. The fourth-order valence-electron chi connectivity index (χ4n) is 0.600. The SMILES string of the molecule is CCC(=O)C(O)C(C)OC. The van der Waals surface area contributed by atoms with E-state index in [1.54, 1.807) is 13.8 Å². The zero-order chi connectivity index (χ0) is 8.15. The summed E-state index contributed by atoms with van der Waals surface area (Å²) < 4.78 is 4.76. The zero-order valence-electron chi connectivity index (χ0n) is 6.63. The Balaban J connectivity index is 3.81. The lowest BCUT2D eigenvalue weighted by Crippen LogP contribution is -2.32. The van der Waals surface area contributed by atoms with Gasteiger partial charge in [0.15, 0.2) is 5.78 Å². The second-order valence-electron chi connectivity index (χ2n) is 2.21. The van der Waals surface area contributed by atoms with E-state index in [-0.39, 0.29) is 5.78 Å². The van der Waals surface area contributed by atoms with Crippen molar-refractivity contribution < 1.29 is 14.6 Å². The number of carbonyl (C=O) groups is 1. The van der Waals surface area contributed by atoms with E-state index in [0.717, 1.165) is 0 Å². The van der Waals surface area contributed by atoms with Crippen LogP contribution in [-0.2, 0) is 9.53 Å². The van der Waals surface area contributed by atoms with E-state index in [4.69, 9.17) is 9.84 Å². The third-order valence-electron chi connectivity index (χ3n) is 1.49. The summed E-state index contributed by atoms with van der Waals surface area (Å²) in [7, 11) is 1.47. The Labute approximate surface area is 61.0 Å². The number of ether oxygens (including phenoxy) is 1. The van der Waals surface area contributed by atoms with Crippen LogP contribution in [-0.4, -0.2) is 30.2 Å². The monoisotopic (exact) mass is 146 g/mol. The van der Waals surface area contributed by atoms with Crippen LogP contribution in [0.3, 0.4) is 0 Å². The normalized spacial score (nSPS) is 16.4. The van der Waals surface area contributed by atoms with Crippen LogP contribution in [0.25, 0.3) is 0 Å². The first kappa shape index (κ1) is 9.59. The molecule has 0 aromatic heterocycles. The highest BCUT2D eigenvalue weighted by molar-refractivity contribution is 5.83. The van der Waals surface area contributed by atoms with Crippen molar-refractivity contribution in [1.29, 1.82) is 0 Å². The molecule has 0 rings (SSSR count). The second-order valence-corrected chi connectivity index (χ2v) is 2.21. The molecule has 0 aliphatic heterocycles. The Bertz CT molecular complexity index is 111. The molecule has 0 heterocycles. The summed E-state index contributed by atoms with van der Waals surface area (Å²) in [5.74, 6) is -0.172. The molecule has 10 heavy (non-hydrogen) atoms. The topological polar surface area (TPSA) is 46.5 Å². The average molecular weight is 146 g/mol. The van der Waals surface area contributed by atoms with Crippen molar-refractivity contribution in [2.75, 3.05) is 7.11 Å². The number of methoxy groups -OCH3 is 1. The van der Waals surface area contributed by atoms with Crippen molar-refractivity contribution in [1.82, 2.24) is 0 Å². The maximum atomic E-state index is 10.8. The molecule has 2 atom stereocenters. The van der Waals surface area contributed by atoms with E-state index in [0.29, 0.717) is 6.42 Å². The summed E-state index contributed by atoms with van der Waals surface area (Å²) in [4.78, 5) is 10.8. The molecule has 0 bridgehead atoms. The third-order valence-corrected chi connectivity index (χ3v) is 1.49. The van der Waals surface area contributed by atoms with Gasteiger partial charge in [-0.3, -0.25) is 4.79 Å². The highest BCUT2D eigenvalue weighted by Crippen LogP contribution is 2.00. The van der Waals surface area contributed by atoms with Crippen LogP contribution in [0, 0.1) is 0 Å². The number of Topliss-reactive ketones (excluding diaryl/α,β-unsaturated/α-hetero) is 1. The van der Waals surface area contributed by atoms with Gasteiger partial charge in [-0.05, 0) is 6.92 Å². The predicted octanol–water partition coefficient (Wildman–Crippen LogP) is 0.361. The number of hydrogen-bond acceptors (Lipinski definition) is 3. The van der Waals surface area contributed by atoms with Crippen LogP contribution < -0.4 is 0 Å². The average Bonchev–Trinajstić information content (AvgIpc) is 2.00. The highest BCUT2D eigenvalue weighted by atomic mass is 16.5. The Morgan fingerprint density at radius 2 is 2.20 bits per heavy atom. The molecule has 1 N–H and O–H groups in total. The molecule has 0 radical (unpaired) electrons. The van der Waals surface area contributed by atoms with Gasteiger partial charge in [0.1, 0.15) is 6.10 Å². The standard InChI is InChI=1S/C7H14O3/c1-4-6(8)7(9)5(2)10-3/h5,7,9H,4H2,1-3H3. The molecule has 0 aliphatic rings. The van der Waals surface area contributed by atoms with Crippen molar-refractivity contribution in [3.8, 4) is 0 Å². The number of aliphatic hydroxyl groups is 1. The summed E-state index contributed by atoms with van der Waals surface area (Å²) in [5.41, 5.74) is 0. The van der Waals surface area contributed by atoms with Crippen LogP contribution in [0.1, 0.15) is 20.3 Å². The van der Waals surface area contributed by atoms with Crippen molar-refractivity contribution in [3.05, 3.63) is 0 Å². The van der Waals surface area contributed by atoms with E-state index >= 15 is 0 Å². The van der Waals surface area contributed by atoms with E-state index < -0.39 is 12.2 Å². The number of ketones is 1. The van der Waals surface area contributed by atoms with Gasteiger partial charge in [0, 0.05) is 13.5 Å². The Morgan fingerprint density at radius 3 is 2.50 bits per heavy atom. The van der Waals surface area contributed by atoms with Crippen LogP contribution in [0.5, 0.6) is 0 Å². The molecule has 3 nitrogen and oxygen atoms in total. The number of hydrogen-bond donors (Lipinski definition) is 1. The summed E-state index contributed by atoms with van der Waals surface area (Å²) in [6, 6.07) is 0. The first-order chi connectivity index (χ1) is 4.63. The molecule has 0 spiro atoms. The van der Waals surface area contributed by atoms with Crippen molar-refractivity contribution in [3.63, 3.8) is 0 Å². The molecule has 0 amide bonds. The maximum absolute atomic E-state index is 10.8. The van der Waals surface area contributed by atoms with E-state index in [9.17, 15) is 4.79 Å². The first-order valence-corrected chi connectivity index (χ1v) is 3.37. The van der Waals surface area contributed by atoms with Gasteiger partial charge < -0.3 is 9.84 Å². The lowest BCUT2D eigenvalue weighted by Gasteiger charge is -2.14. The van der Waals surface area contributed by atoms with Gasteiger partial charge in [-0.1, -0.05) is 6.92 Å². The van der Waals surface area contributed by atoms with Crippen LogP contribution >= 0.6 is 0 Å².